The van der Waals surface area contributed by atoms with E-state index in [9.17, 15) is 14.3 Å². The molecule has 0 aliphatic heterocycles. The molecule has 346 valence electrons. The van der Waals surface area contributed by atoms with Gasteiger partial charge in [0.25, 0.3) is 0 Å². The summed E-state index contributed by atoms with van der Waals surface area (Å²) in [5, 5.41) is 0. The summed E-state index contributed by atoms with van der Waals surface area (Å²) in [5.74, 6) is -0.334. The number of esters is 1. The molecule has 0 fully saturated rings. The van der Waals surface area contributed by atoms with Crippen molar-refractivity contribution in [2.24, 2.45) is 5.73 Å². The van der Waals surface area contributed by atoms with Gasteiger partial charge in [0.2, 0.25) is 0 Å². The Balaban J connectivity index is 3.96. The smallest absolute Gasteiger partial charge is 0.457 e. The number of rotatable bonds is 47. The van der Waals surface area contributed by atoms with E-state index >= 15 is 0 Å². The van der Waals surface area contributed by atoms with E-state index in [2.05, 4.69) is 62.5 Å². The van der Waals surface area contributed by atoms with Crippen molar-refractivity contribution >= 4 is 13.8 Å². The van der Waals surface area contributed by atoms with E-state index in [1.54, 1.807) is 0 Å². The number of ether oxygens (including phenoxy) is 2. The van der Waals surface area contributed by atoms with Crippen LogP contribution in [0.2, 0.25) is 0 Å². The second kappa shape index (κ2) is 47.5. The quantitative estimate of drug-likeness (QED) is 0.0269. The highest BCUT2D eigenvalue weighted by atomic mass is 31.2. The van der Waals surface area contributed by atoms with E-state index in [1.165, 1.54) is 135 Å². The van der Waals surface area contributed by atoms with Crippen molar-refractivity contribution in [3.05, 3.63) is 48.6 Å². The normalized spacial score (nSPS) is 13.8. The van der Waals surface area contributed by atoms with Gasteiger partial charge >= 0.3 is 13.8 Å². The van der Waals surface area contributed by atoms with Crippen LogP contribution in [0.5, 0.6) is 0 Å². The number of carbonyl (C=O) groups excluding carboxylic acids is 1. The Bertz CT molecular complexity index is 1050. The molecule has 3 N–H and O–H groups in total. The molecule has 2 atom stereocenters. The van der Waals surface area contributed by atoms with Crippen LogP contribution in [-0.4, -0.2) is 49.9 Å². The zero-order valence-electron chi connectivity index (χ0n) is 38.5. The zero-order valence-corrected chi connectivity index (χ0v) is 39.4. The van der Waals surface area contributed by atoms with Crippen LogP contribution < -0.4 is 5.73 Å². The highest BCUT2D eigenvalue weighted by Crippen LogP contribution is 2.43. The first-order valence-electron chi connectivity index (χ1n) is 24.6. The topological polar surface area (TPSA) is 117 Å². The van der Waals surface area contributed by atoms with Crippen LogP contribution in [0, 0.1) is 0 Å². The van der Waals surface area contributed by atoms with E-state index < -0.39 is 13.9 Å². The minimum absolute atomic E-state index is 0.0966. The van der Waals surface area contributed by atoms with Gasteiger partial charge < -0.3 is 20.1 Å². The lowest BCUT2D eigenvalue weighted by Crippen LogP contribution is -2.28. The largest absolute Gasteiger partial charge is 0.472 e. The molecule has 2 unspecified atom stereocenters. The van der Waals surface area contributed by atoms with E-state index in [-0.39, 0.29) is 32.3 Å². The predicted molar refractivity (Wildman–Crippen MR) is 252 cm³/mol. The first-order valence-corrected chi connectivity index (χ1v) is 26.1. The summed E-state index contributed by atoms with van der Waals surface area (Å²) in [7, 11) is -4.29. The van der Waals surface area contributed by atoms with E-state index in [1.807, 2.05) is 0 Å². The average molecular weight is 852 g/mol. The number of carbonyl (C=O) groups is 1. The number of allylic oxidation sites excluding steroid dienone is 8. The number of unbranched alkanes of at least 4 members (excludes halogenated alkanes) is 26. The molecule has 8 nitrogen and oxygen atoms in total. The van der Waals surface area contributed by atoms with Gasteiger partial charge in [-0.2, -0.15) is 0 Å². The van der Waals surface area contributed by atoms with Gasteiger partial charge in [-0.05, 0) is 51.4 Å². The van der Waals surface area contributed by atoms with Crippen LogP contribution in [0.1, 0.15) is 226 Å². The van der Waals surface area contributed by atoms with Crippen LogP contribution in [0.25, 0.3) is 0 Å². The maximum atomic E-state index is 12.6. The van der Waals surface area contributed by atoms with Gasteiger partial charge in [0, 0.05) is 19.6 Å². The number of nitrogens with two attached hydrogens (primary N) is 1. The van der Waals surface area contributed by atoms with Crippen LogP contribution in [0.4, 0.5) is 0 Å². The maximum absolute atomic E-state index is 12.6. The maximum Gasteiger partial charge on any atom is 0.472 e. The van der Waals surface area contributed by atoms with Gasteiger partial charge in [0.1, 0.15) is 6.10 Å². The van der Waals surface area contributed by atoms with Crippen LogP contribution in [0.3, 0.4) is 0 Å². The SMILES string of the molecule is CC/C=C\C/C=C\C/C=C\C/C=C\CCCCCCCOCC(COP(=O)(O)OCCN)OC(=O)CCCCCCCCCCCCCCCCCCCCCCCC. The third-order valence-electron chi connectivity index (χ3n) is 10.5. The minimum Gasteiger partial charge on any atom is -0.457 e. The van der Waals surface area contributed by atoms with Gasteiger partial charge in [0.15, 0.2) is 0 Å². The first kappa shape index (κ1) is 57.5. The summed E-state index contributed by atoms with van der Waals surface area (Å²) in [6.45, 7) is 4.80. The Hall–Kier alpha value is -1.54. The molecule has 0 aromatic heterocycles. The van der Waals surface area contributed by atoms with Crippen molar-refractivity contribution in [1.29, 1.82) is 0 Å². The van der Waals surface area contributed by atoms with Gasteiger partial charge in [-0.3, -0.25) is 13.8 Å². The molecule has 0 radical (unpaired) electrons. The lowest BCUT2D eigenvalue weighted by atomic mass is 10.0. The number of hydrogen-bond donors (Lipinski definition) is 2. The van der Waals surface area contributed by atoms with E-state index in [0.717, 1.165) is 70.6 Å². The Morgan fingerprint density at radius 2 is 0.949 bits per heavy atom. The number of phosphoric acid groups is 1. The summed E-state index contributed by atoms with van der Waals surface area (Å²) < 4.78 is 33.5. The predicted octanol–water partition coefficient (Wildman–Crippen LogP) is 15.1. The monoisotopic (exact) mass is 852 g/mol. The molecule has 0 spiro atoms. The molecule has 0 aromatic rings. The molecule has 59 heavy (non-hydrogen) atoms. The van der Waals surface area contributed by atoms with Crippen molar-refractivity contribution < 1.29 is 32.8 Å². The fourth-order valence-electron chi connectivity index (χ4n) is 6.93. The fourth-order valence-corrected chi connectivity index (χ4v) is 7.70. The molecule has 9 heteroatoms. The van der Waals surface area contributed by atoms with Crippen molar-refractivity contribution in [3.63, 3.8) is 0 Å². The van der Waals surface area contributed by atoms with Crippen LogP contribution in [-0.2, 0) is 27.9 Å². The highest BCUT2D eigenvalue weighted by Gasteiger charge is 2.25. The van der Waals surface area contributed by atoms with Gasteiger partial charge in [-0.1, -0.05) is 217 Å². The summed E-state index contributed by atoms with van der Waals surface area (Å²) >= 11 is 0. The summed E-state index contributed by atoms with van der Waals surface area (Å²) in [6, 6.07) is 0. The van der Waals surface area contributed by atoms with Crippen LogP contribution in [0.15, 0.2) is 48.6 Å². The van der Waals surface area contributed by atoms with Crippen molar-refractivity contribution in [2.75, 3.05) is 33.0 Å². The molecule has 0 aliphatic rings. The van der Waals surface area contributed by atoms with Crippen molar-refractivity contribution in [1.82, 2.24) is 0 Å². The third-order valence-corrected chi connectivity index (χ3v) is 11.5. The molecule has 0 aliphatic carbocycles. The molecule has 0 bridgehead atoms. The second-order valence-electron chi connectivity index (χ2n) is 16.3. The molecule has 0 aromatic carbocycles. The second-order valence-corrected chi connectivity index (χ2v) is 17.8. The first-order chi connectivity index (χ1) is 28.9. The Labute approximate surface area is 364 Å². The molecule has 0 saturated heterocycles. The van der Waals surface area contributed by atoms with E-state index in [4.69, 9.17) is 24.3 Å². The molecule has 0 rings (SSSR count). The molecular weight excluding hydrogens is 758 g/mol. The standard InChI is InChI=1S/C50H94NO7P/c1-3-5-7-9-11-13-15-17-19-21-23-24-25-26-27-29-31-33-35-37-39-41-43-50(52)58-49(48-57-59(53,54)56-46-44-51)47-55-45-42-40-38-36-34-32-30-28-22-20-18-16-14-12-10-8-6-4-2/h6,8,12,14,18,20,28,30,49H,3-5,7,9-11,13,15-17,19,21-27,29,31-48,51H2,1-2H3,(H,53,54)/b8-6-,14-12-,20-18-,30-28-. The Kier molecular flexibility index (Phi) is 46.3. The summed E-state index contributed by atoms with van der Waals surface area (Å²) in [4.78, 5) is 22.6. The van der Waals surface area contributed by atoms with Gasteiger partial charge in [-0.15, -0.1) is 0 Å². The van der Waals surface area contributed by atoms with Crippen molar-refractivity contribution in [3.8, 4) is 0 Å². The fraction of sp³-hybridized carbons (Fsp3) is 0.820. The molecular formula is C50H94NO7P. The Morgan fingerprint density at radius 1 is 0.525 bits per heavy atom. The summed E-state index contributed by atoms with van der Waals surface area (Å²) in [5.41, 5.74) is 5.38. The number of hydrogen-bond acceptors (Lipinski definition) is 7. The van der Waals surface area contributed by atoms with Gasteiger partial charge in [-0.25, -0.2) is 4.57 Å². The Morgan fingerprint density at radius 3 is 1.42 bits per heavy atom. The highest BCUT2D eigenvalue weighted by molar-refractivity contribution is 7.47. The van der Waals surface area contributed by atoms with Gasteiger partial charge in [0.05, 0.1) is 19.8 Å². The van der Waals surface area contributed by atoms with E-state index in [0.29, 0.717) is 13.0 Å². The molecule has 0 saturated carbocycles. The lowest BCUT2D eigenvalue weighted by Gasteiger charge is -2.20. The number of phosphoric ester groups is 1. The minimum atomic E-state index is -4.29. The molecule has 0 heterocycles. The average Bonchev–Trinajstić information content (AvgIpc) is 3.23. The lowest BCUT2D eigenvalue weighted by molar-refractivity contribution is -0.154. The van der Waals surface area contributed by atoms with Crippen LogP contribution >= 0.6 is 7.82 Å². The van der Waals surface area contributed by atoms with Crippen molar-refractivity contribution in [2.45, 2.75) is 232 Å². The molecule has 0 amide bonds. The third kappa shape index (κ3) is 47.4. The summed E-state index contributed by atoms with van der Waals surface area (Å²) in [6.07, 6.45) is 57.1. The zero-order chi connectivity index (χ0) is 43.0.